The van der Waals surface area contributed by atoms with Gasteiger partial charge in [0.15, 0.2) is 0 Å². The number of hydrogen-bond acceptors (Lipinski definition) is 7. The van der Waals surface area contributed by atoms with Gasteiger partial charge < -0.3 is 34.6 Å². The highest BCUT2D eigenvalue weighted by atomic mass is 16.5. The smallest absolute Gasteiger partial charge is 0.227 e. The van der Waals surface area contributed by atoms with E-state index in [-0.39, 0.29) is 49.3 Å². The molecule has 4 aromatic carbocycles. The summed E-state index contributed by atoms with van der Waals surface area (Å²) in [4.78, 5) is 55.0. The molecular formula is C46H46N4O7. The van der Waals surface area contributed by atoms with Gasteiger partial charge in [-0.25, -0.2) is 0 Å². The molecular weight excluding hydrogens is 721 g/mol. The van der Waals surface area contributed by atoms with Crippen molar-refractivity contribution in [2.75, 3.05) is 62.5 Å². The van der Waals surface area contributed by atoms with Crippen LogP contribution in [0.1, 0.15) is 59.1 Å². The third-order valence-corrected chi connectivity index (χ3v) is 9.36. The molecule has 11 heteroatoms. The maximum absolute atomic E-state index is 13.3. The molecule has 292 valence electrons. The summed E-state index contributed by atoms with van der Waals surface area (Å²) in [6.45, 7) is 3.47. The molecule has 2 aliphatic heterocycles. The number of amides is 4. The quantitative estimate of drug-likeness (QED) is 0.111. The van der Waals surface area contributed by atoms with Crippen molar-refractivity contribution in [2.24, 2.45) is 0 Å². The predicted molar refractivity (Wildman–Crippen MR) is 217 cm³/mol. The zero-order valence-electron chi connectivity index (χ0n) is 31.9. The minimum atomic E-state index is -0.220. The van der Waals surface area contributed by atoms with Gasteiger partial charge in [-0.2, -0.15) is 0 Å². The third-order valence-electron chi connectivity index (χ3n) is 9.36. The van der Waals surface area contributed by atoms with Crippen LogP contribution in [-0.4, -0.2) is 76.4 Å². The number of nitrogens with one attached hydrogen (secondary N) is 2. The first-order valence-electron chi connectivity index (χ1n) is 19.2. The molecule has 0 radical (unpaired) electrons. The Bertz CT molecular complexity index is 2030. The van der Waals surface area contributed by atoms with Crippen LogP contribution >= 0.6 is 0 Å². The number of fused-ring (bicyclic) bond motifs is 4. The summed E-state index contributed by atoms with van der Waals surface area (Å²) < 4.78 is 16.6. The highest BCUT2D eigenvalue weighted by molar-refractivity contribution is 5.98. The van der Waals surface area contributed by atoms with Crippen LogP contribution < -0.4 is 20.4 Å². The SMILES string of the molecule is O=C(CCC(=O)N1Cc2ccccc2C#Cc2ccccc21)NCCOCCOCCOCCNC(=O)CCC(=O)N1Cc2ccccc2C#Cc2ccccc21. The average Bonchev–Trinajstić information content (AvgIpc) is 3.22. The van der Waals surface area contributed by atoms with Crippen LogP contribution in [0.3, 0.4) is 0 Å². The van der Waals surface area contributed by atoms with Gasteiger partial charge in [0, 0.05) is 61.0 Å². The Hall–Kier alpha value is -6.24. The summed E-state index contributed by atoms with van der Waals surface area (Å²) in [5.41, 5.74) is 6.73. The molecule has 0 saturated carbocycles. The van der Waals surface area contributed by atoms with Gasteiger partial charge >= 0.3 is 0 Å². The van der Waals surface area contributed by atoms with Gasteiger partial charge in [0.25, 0.3) is 0 Å². The topological polar surface area (TPSA) is 127 Å². The van der Waals surface area contributed by atoms with Crippen molar-refractivity contribution in [3.63, 3.8) is 0 Å². The lowest BCUT2D eigenvalue weighted by atomic mass is 10.0. The van der Waals surface area contributed by atoms with E-state index in [1.807, 2.05) is 97.1 Å². The number of ether oxygens (including phenoxy) is 3. The number of anilines is 2. The standard InChI is InChI=1S/C46H46N4O7/c51-43(21-23-45(53)49-33-39-13-3-1-9-35(39)17-19-37-11-5-7-15-41(37)49)47-25-27-55-29-31-57-32-30-56-28-26-48-44(52)22-24-46(54)50-34-40-14-4-2-10-36(40)18-20-38-12-6-8-16-42(38)50/h1-16H,21-34H2,(H,47,51)(H,48,52). The molecule has 4 amide bonds. The van der Waals surface area contributed by atoms with Crippen molar-refractivity contribution < 1.29 is 33.4 Å². The van der Waals surface area contributed by atoms with E-state index in [9.17, 15) is 19.2 Å². The molecule has 0 fully saturated rings. The van der Waals surface area contributed by atoms with Gasteiger partial charge in [-0.15, -0.1) is 0 Å². The number of carbonyl (C=O) groups is 4. The highest BCUT2D eigenvalue weighted by Gasteiger charge is 2.23. The zero-order valence-corrected chi connectivity index (χ0v) is 31.9. The molecule has 0 saturated heterocycles. The molecule has 0 unspecified atom stereocenters. The second-order valence-electron chi connectivity index (χ2n) is 13.3. The lowest BCUT2D eigenvalue weighted by molar-refractivity contribution is -0.125. The molecule has 2 heterocycles. The van der Waals surface area contributed by atoms with Gasteiger partial charge in [-0.05, 0) is 47.5 Å². The van der Waals surface area contributed by atoms with E-state index in [1.165, 1.54) is 0 Å². The molecule has 4 aromatic rings. The molecule has 0 aromatic heterocycles. The maximum atomic E-state index is 13.3. The molecule has 0 atom stereocenters. The fourth-order valence-electron chi connectivity index (χ4n) is 6.37. The lowest BCUT2D eigenvalue weighted by Gasteiger charge is -2.26. The van der Waals surface area contributed by atoms with Crippen LogP contribution in [0, 0.1) is 23.7 Å². The average molecular weight is 767 g/mol. The number of carbonyl (C=O) groups excluding carboxylic acids is 4. The summed E-state index contributed by atoms with van der Waals surface area (Å²) in [7, 11) is 0. The van der Waals surface area contributed by atoms with E-state index in [4.69, 9.17) is 14.2 Å². The van der Waals surface area contributed by atoms with Gasteiger partial charge in [0.05, 0.1) is 64.1 Å². The third kappa shape index (κ3) is 11.9. The highest BCUT2D eigenvalue weighted by Crippen LogP contribution is 2.27. The second-order valence-corrected chi connectivity index (χ2v) is 13.3. The lowest BCUT2D eigenvalue weighted by Crippen LogP contribution is -2.34. The van der Waals surface area contributed by atoms with Crippen LogP contribution in [0.15, 0.2) is 97.1 Å². The van der Waals surface area contributed by atoms with Gasteiger partial charge in [0.1, 0.15) is 0 Å². The number of rotatable bonds is 18. The minimum absolute atomic E-state index is 0.0671. The maximum Gasteiger partial charge on any atom is 0.227 e. The van der Waals surface area contributed by atoms with Crippen molar-refractivity contribution in [1.29, 1.82) is 0 Å². The number of nitrogens with zero attached hydrogens (tertiary/aromatic N) is 2. The molecule has 2 aliphatic rings. The minimum Gasteiger partial charge on any atom is -0.377 e. The first kappa shape index (κ1) is 40.4. The summed E-state index contributed by atoms with van der Waals surface area (Å²) in [6, 6.07) is 30.7. The zero-order chi connectivity index (χ0) is 39.7. The molecule has 2 N–H and O–H groups in total. The second kappa shape index (κ2) is 21.2. The fraction of sp³-hybridized carbons (Fsp3) is 0.304. The number of hydrogen-bond donors (Lipinski definition) is 2. The van der Waals surface area contributed by atoms with Crippen molar-refractivity contribution in [1.82, 2.24) is 10.6 Å². The number of para-hydroxylation sites is 2. The van der Waals surface area contributed by atoms with Crippen LogP contribution in [0.5, 0.6) is 0 Å². The normalized spacial score (nSPS) is 12.3. The van der Waals surface area contributed by atoms with E-state index in [2.05, 4.69) is 34.3 Å². The van der Waals surface area contributed by atoms with Crippen LogP contribution in [0.4, 0.5) is 11.4 Å². The number of benzene rings is 4. The summed E-state index contributed by atoms with van der Waals surface area (Å²) in [5, 5.41) is 5.61. The van der Waals surface area contributed by atoms with Crippen molar-refractivity contribution >= 4 is 35.0 Å². The van der Waals surface area contributed by atoms with E-state index < -0.39 is 0 Å². The van der Waals surface area contributed by atoms with E-state index >= 15 is 0 Å². The Morgan fingerprint density at radius 3 is 1.25 bits per heavy atom. The summed E-state index contributed by atoms with van der Waals surface area (Å²) >= 11 is 0. The molecule has 11 nitrogen and oxygen atoms in total. The largest absolute Gasteiger partial charge is 0.377 e. The first-order chi connectivity index (χ1) is 28.0. The van der Waals surface area contributed by atoms with Crippen LogP contribution in [0.2, 0.25) is 0 Å². The van der Waals surface area contributed by atoms with Gasteiger partial charge in [-0.1, -0.05) is 84.3 Å². The Kier molecular flexibility index (Phi) is 15.0. The fourth-order valence-corrected chi connectivity index (χ4v) is 6.37. The van der Waals surface area contributed by atoms with Crippen molar-refractivity contribution in [3.05, 3.63) is 130 Å². The Morgan fingerprint density at radius 1 is 0.456 bits per heavy atom. The van der Waals surface area contributed by atoms with Crippen LogP contribution in [0.25, 0.3) is 0 Å². The van der Waals surface area contributed by atoms with Crippen molar-refractivity contribution in [2.45, 2.75) is 38.8 Å². The molecule has 0 aliphatic carbocycles. The predicted octanol–water partition coefficient (Wildman–Crippen LogP) is 4.72. The van der Waals surface area contributed by atoms with Gasteiger partial charge in [0.2, 0.25) is 23.6 Å². The molecule has 0 bridgehead atoms. The Balaban J connectivity index is 0.774. The van der Waals surface area contributed by atoms with Crippen LogP contribution in [-0.2, 0) is 46.5 Å². The molecule has 57 heavy (non-hydrogen) atoms. The van der Waals surface area contributed by atoms with Gasteiger partial charge in [-0.3, -0.25) is 19.2 Å². The van der Waals surface area contributed by atoms with E-state index in [0.29, 0.717) is 65.8 Å². The van der Waals surface area contributed by atoms with E-state index in [1.54, 1.807) is 9.80 Å². The molecule has 6 rings (SSSR count). The van der Waals surface area contributed by atoms with Crippen molar-refractivity contribution in [3.8, 4) is 23.7 Å². The first-order valence-corrected chi connectivity index (χ1v) is 19.2. The summed E-state index contributed by atoms with van der Waals surface area (Å²) in [5.74, 6) is 12.1. The Labute approximate surface area is 333 Å². The molecule has 0 spiro atoms. The van der Waals surface area contributed by atoms with E-state index in [0.717, 1.165) is 44.8 Å². The summed E-state index contributed by atoms with van der Waals surface area (Å²) in [6.07, 6.45) is 0.276. The Morgan fingerprint density at radius 2 is 0.807 bits per heavy atom. The monoisotopic (exact) mass is 766 g/mol.